The lowest BCUT2D eigenvalue weighted by molar-refractivity contribution is 0.112. The van der Waals surface area contributed by atoms with E-state index in [9.17, 15) is 4.79 Å². The van der Waals surface area contributed by atoms with E-state index in [0.717, 1.165) is 16.9 Å². The fourth-order valence-electron chi connectivity index (χ4n) is 1.56. The minimum absolute atomic E-state index is 0.495. The van der Waals surface area contributed by atoms with Crippen molar-refractivity contribution < 1.29 is 4.79 Å². The second kappa shape index (κ2) is 2.41. The van der Waals surface area contributed by atoms with Crippen LogP contribution in [0, 0.1) is 0 Å². The Morgan fingerprint density at radius 3 is 3.07 bits per heavy atom. The van der Waals surface area contributed by atoms with E-state index in [4.69, 9.17) is 0 Å². The Hall–Kier alpha value is -2.17. The first-order valence-corrected chi connectivity index (χ1v) is 4.06. The molecule has 2 heterocycles. The molecule has 0 aromatic heterocycles. The van der Waals surface area contributed by atoms with Gasteiger partial charge in [0.1, 0.15) is 5.70 Å². The van der Waals surface area contributed by atoms with E-state index in [1.807, 2.05) is 6.07 Å². The zero-order valence-corrected chi connectivity index (χ0v) is 7.01. The smallest absolute Gasteiger partial charge is 0.205 e. The number of carbonyl (C=O) groups is 1. The number of benzene rings is 1. The summed E-state index contributed by atoms with van der Waals surface area (Å²) in [5.74, 6) is 0.495. The third-order valence-corrected chi connectivity index (χ3v) is 2.16. The van der Waals surface area contributed by atoms with Crippen molar-refractivity contribution >= 4 is 17.8 Å². The van der Waals surface area contributed by atoms with Gasteiger partial charge in [-0.1, -0.05) is 12.1 Å². The molecule has 2 aliphatic rings. The summed E-state index contributed by atoms with van der Waals surface area (Å²) in [5, 5.41) is 12.6. The molecular weight excluding hydrogens is 180 g/mol. The summed E-state index contributed by atoms with van der Waals surface area (Å²) in [4.78, 5) is 15.0. The number of fused-ring (bicyclic) bond motifs is 2. The van der Waals surface area contributed by atoms with E-state index < -0.39 is 0 Å². The molecule has 0 unspecified atom stereocenters. The number of rotatable bonds is 1. The van der Waals surface area contributed by atoms with Gasteiger partial charge >= 0.3 is 0 Å². The highest BCUT2D eigenvalue weighted by atomic mass is 16.1. The summed E-state index contributed by atoms with van der Waals surface area (Å²) in [5.41, 5.74) is 1.18. The normalized spacial score (nSPS) is 16.0. The van der Waals surface area contributed by atoms with E-state index in [1.54, 1.807) is 12.1 Å². The molecule has 0 saturated carbocycles. The van der Waals surface area contributed by atoms with E-state index in [0.29, 0.717) is 17.1 Å². The monoisotopic (exact) mass is 184 g/mol. The molecule has 3 rings (SSSR count). The van der Waals surface area contributed by atoms with Crippen molar-refractivity contribution in [1.82, 2.24) is 0 Å². The van der Waals surface area contributed by atoms with Crippen molar-refractivity contribution in [3.05, 3.63) is 34.3 Å². The van der Waals surface area contributed by atoms with Crippen molar-refractivity contribution in [3.8, 4) is 0 Å². The summed E-state index contributed by atoms with van der Waals surface area (Å²) in [6.45, 7) is 0. The average Bonchev–Trinajstić information content (AvgIpc) is 2.75. The van der Waals surface area contributed by atoms with Crippen LogP contribution in [-0.4, -0.2) is 12.1 Å². The number of hydrogen-bond acceptors (Lipinski definition) is 5. The lowest BCUT2D eigenvalue weighted by Crippen LogP contribution is -2.26. The lowest BCUT2D eigenvalue weighted by Gasteiger charge is -1.89. The fraction of sp³-hybridized carbons (Fsp3) is 0. The van der Waals surface area contributed by atoms with E-state index in [1.165, 1.54) is 0 Å². The van der Waals surface area contributed by atoms with E-state index >= 15 is 0 Å². The van der Waals surface area contributed by atoms with Crippen LogP contribution in [0.3, 0.4) is 0 Å². The van der Waals surface area contributed by atoms with Crippen LogP contribution in [0.2, 0.25) is 0 Å². The largest absolute Gasteiger partial charge is 0.298 e. The molecule has 5 heteroatoms. The number of carbonyl (C=O) groups excluding carboxylic acids is 1. The lowest BCUT2D eigenvalue weighted by atomic mass is 10.1. The summed E-state index contributed by atoms with van der Waals surface area (Å²) >= 11 is 0. The SMILES string of the molecule is O=Cc1cccc2c1=C1N=NN=C1N=2. The Balaban J connectivity index is 2.58. The Labute approximate surface area is 78.2 Å². The Bertz CT molecular complexity index is 612. The zero-order chi connectivity index (χ0) is 9.54. The van der Waals surface area contributed by atoms with Crippen molar-refractivity contribution in [3.63, 3.8) is 0 Å². The molecule has 0 amide bonds. The molecule has 2 aliphatic heterocycles. The molecule has 5 nitrogen and oxygen atoms in total. The van der Waals surface area contributed by atoms with Crippen LogP contribution in [0.5, 0.6) is 0 Å². The van der Waals surface area contributed by atoms with Crippen LogP contribution in [0.1, 0.15) is 10.4 Å². The quantitative estimate of drug-likeness (QED) is 0.567. The van der Waals surface area contributed by atoms with Gasteiger partial charge in [0.15, 0.2) is 6.29 Å². The highest BCUT2D eigenvalue weighted by Crippen LogP contribution is 2.12. The maximum Gasteiger partial charge on any atom is 0.205 e. The molecule has 0 radical (unpaired) electrons. The number of amidine groups is 1. The van der Waals surface area contributed by atoms with Gasteiger partial charge in [-0.25, -0.2) is 4.99 Å². The summed E-state index contributed by atoms with van der Waals surface area (Å²) < 4.78 is 0. The Morgan fingerprint density at radius 2 is 2.21 bits per heavy atom. The molecule has 0 saturated heterocycles. The van der Waals surface area contributed by atoms with Gasteiger partial charge in [-0.05, 0) is 11.3 Å². The van der Waals surface area contributed by atoms with Crippen LogP contribution in [0.25, 0.3) is 5.70 Å². The van der Waals surface area contributed by atoms with Gasteiger partial charge < -0.3 is 0 Å². The first kappa shape index (κ1) is 7.25. The van der Waals surface area contributed by atoms with Gasteiger partial charge in [0.05, 0.1) is 5.36 Å². The van der Waals surface area contributed by atoms with Crippen LogP contribution in [-0.2, 0) is 0 Å². The molecule has 0 aliphatic carbocycles. The van der Waals surface area contributed by atoms with Crippen LogP contribution < -0.4 is 10.6 Å². The predicted octanol–water partition coefficient (Wildman–Crippen LogP) is 0.0198. The molecule has 0 N–H and O–H groups in total. The van der Waals surface area contributed by atoms with Gasteiger partial charge in [-0.15, -0.1) is 10.2 Å². The Morgan fingerprint density at radius 1 is 1.29 bits per heavy atom. The van der Waals surface area contributed by atoms with Crippen molar-refractivity contribution in [2.75, 3.05) is 0 Å². The summed E-state index contributed by atoms with van der Waals surface area (Å²) in [7, 11) is 0. The standard InChI is InChI=1S/C9H4N4O/c14-4-5-2-1-3-6-7(5)8-9(10-6)12-13-11-8/h1-4H. The van der Waals surface area contributed by atoms with Gasteiger partial charge in [0, 0.05) is 10.8 Å². The minimum Gasteiger partial charge on any atom is -0.298 e. The summed E-state index contributed by atoms with van der Waals surface area (Å²) in [6, 6.07) is 5.34. The number of hydrogen-bond donors (Lipinski definition) is 0. The molecule has 0 bridgehead atoms. The van der Waals surface area contributed by atoms with Gasteiger partial charge in [-0.2, -0.15) is 0 Å². The minimum atomic E-state index is 0.495. The van der Waals surface area contributed by atoms with Crippen LogP contribution >= 0.6 is 0 Å². The van der Waals surface area contributed by atoms with Gasteiger partial charge in [0.2, 0.25) is 5.84 Å². The highest BCUT2D eigenvalue weighted by Gasteiger charge is 2.19. The van der Waals surface area contributed by atoms with Gasteiger partial charge in [-0.3, -0.25) is 4.79 Å². The number of aldehydes is 1. The third kappa shape index (κ3) is 0.756. The fourth-order valence-corrected chi connectivity index (χ4v) is 1.56. The molecule has 0 atom stereocenters. The molecule has 1 aromatic rings. The predicted molar refractivity (Wildman–Crippen MR) is 48.3 cm³/mol. The summed E-state index contributed by atoms with van der Waals surface area (Å²) in [6.07, 6.45) is 0.790. The molecule has 66 valence electrons. The zero-order valence-electron chi connectivity index (χ0n) is 7.01. The first-order chi connectivity index (χ1) is 6.90. The van der Waals surface area contributed by atoms with E-state index in [-0.39, 0.29) is 0 Å². The molecule has 0 spiro atoms. The maximum atomic E-state index is 10.8. The van der Waals surface area contributed by atoms with Crippen molar-refractivity contribution in [2.24, 2.45) is 20.4 Å². The maximum absolute atomic E-state index is 10.8. The topological polar surface area (TPSA) is 66.5 Å². The van der Waals surface area contributed by atoms with E-state index in [2.05, 4.69) is 20.4 Å². The first-order valence-electron chi connectivity index (χ1n) is 4.06. The second-order valence-corrected chi connectivity index (χ2v) is 2.93. The second-order valence-electron chi connectivity index (χ2n) is 2.93. The molecule has 14 heavy (non-hydrogen) atoms. The van der Waals surface area contributed by atoms with Crippen molar-refractivity contribution in [2.45, 2.75) is 0 Å². The molecular formula is C9H4N4O. The third-order valence-electron chi connectivity index (χ3n) is 2.16. The molecule has 1 aromatic carbocycles. The Kier molecular flexibility index (Phi) is 1.25. The van der Waals surface area contributed by atoms with Crippen LogP contribution in [0.15, 0.2) is 38.6 Å². The van der Waals surface area contributed by atoms with Crippen LogP contribution in [0.4, 0.5) is 0 Å². The average molecular weight is 184 g/mol. The number of nitrogens with zero attached hydrogens (tertiary/aromatic N) is 4. The molecule has 0 fully saturated rings. The van der Waals surface area contributed by atoms with Gasteiger partial charge in [0.25, 0.3) is 0 Å². The van der Waals surface area contributed by atoms with Crippen molar-refractivity contribution in [1.29, 1.82) is 0 Å². The highest BCUT2D eigenvalue weighted by molar-refractivity contribution is 6.19.